The maximum absolute atomic E-state index is 12.2. The van der Waals surface area contributed by atoms with Gasteiger partial charge < -0.3 is 15.4 Å². The van der Waals surface area contributed by atoms with Gasteiger partial charge in [-0.15, -0.1) is 12.4 Å². The summed E-state index contributed by atoms with van der Waals surface area (Å²) in [4.78, 5) is 12.2. The Hall–Kier alpha value is -1.26. The first-order valence-corrected chi connectivity index (χ1v) is 7.78. The van der Waals surface area contributed by atoms with Crippen LogP contribution in [0.5, 0.6) is 5.75 Å². The van der Waals surface area contributed by atoms with E-state index in [1.54, 1.807) is 0 Å². The predicted molar refractivity (Wildman–Crippen MR) is 91.7 cm³/mol. The van der Waals surface area contributed by atoms with Gasteiger partial charge in [0.15, 0.2) is 0 Å². The summed E-state index contributed by atoms with van der Waals surface area (Å²) >= 11 is 0. The van der Waals surface area contributed by atoms with Gasteiger partial charge in [0.05, 0.1) is 6.04 Å². The van der Waals surface area contributed by atoms with E-state index >= 15 is 0 Å². The van der Waals surface area contributed by atoms with Crippen LogP contribution >= 0.6 is 12.4 Å². The summed E-state index contributed by atoms with van der Waals surface area (Å²) in [5.74, 6) is 1.14. The minimum Gasteiger partial charge on any atom is -0.491 e. The van der Waals surface area contributed by atoms with E-state index in [0.29, 0.717) is 12.6 Å². The second-order valence-corrected chi connectivity index (χ2v) is 6.11. The standard InChI is InChI=1S/C17H26N2O2.ClH/c1-12-5-4-6-16(9-12)21-11-14(3)19-17(20)15-7-8-18-13(2)10-15;/h4-6,9,13-15,18H,7-8,10-11H2,1-3H3,(H,19,20);1H/t13-,14?,15-;/m0./s1. The van der Waals surface area contributed by atoms with Crippen molar-refractivity contribution < 1.29 is 9.53 Å². The minimum atomic E-state index is 0. The summed E-state index contributed by atoms with van der Waals surface area (Å²) in [5, 5.41) is 6.43. The van der Waals surface area contributed by atoms with Crippen molar-refractivity contribution in [3.05, 3.63) is 29.8 Å². The van der Waals surface area contributed by atoms with Gasteiger partial charge in [0.2, 0.25) is 5.91 Å². The summed E-state index contributed by atoms with van der Waals surface area (Å²) in [6.07, 6.45) is 1.83. The number of nitrogens with one attached hydrogen (secondary N) is 2. The number of amides is 1. The molecule has 1 aliphatic rings. The highest BCUT2D eigenvalue weighted by atomic mass is 35.5. The number of aryl methyl sites for hydroxylation is 1. The average molecular weight is 327 g/mol. The molecule has 5 heteroatoms. The van der Waals surface area contributed by atoms with Gasteiger partial charge in [-0.05, 0) is 57.9 Å². The fraction of sp³-hybridized carbons (Fsp3) is 0.588. The first-order chi connectivity index (χ1) is 10.0. The molecule has 4 nitrogen and oxygen atoms in total. The van der Waals surface area contributed by atoms with Gasteiger partial charge in [-0.2, -0.15) is 0 Å². The van der Waals surface area contributed by atoms with Gasteiger partial charge in [0, 0.05) is 12.0 Å². The van der Waals surface area contributed by atoms with E-state index in [-0.39, 0.29) is 30.3 Å². The van der Waals surface area contributed by atoms with E-state index in [4.69, 9.17) is 4.74 Å². The second-order valence-electron chi connectivity index (χ2n) is 6.11. The van der Waals surface area contributed by atoms with Crippen molar-refractivity contribution in [2.45, 2.75) is 45.7 Å². The predicted octanol–water partition coefficient (Wildman–Crippen LogP) is 2.69. The number of piperidine rings is 1. The summed E-state index contributed by atoms with van der Waals surface area (Å²) < 4.78 is 5.73. The Bertz CT molecular complexity index is 481. The third kappa shape index (κ3) is 5.85. The summed E-state index contributed by atoms with van der Waals surface area (Å²) in [5.41, 5.74) is 1.17. The number of ether oxygens (including phenoxy) is 1. The molecule has 0 radical (unpaired) electrons. The topological polar surface area (TPSA) is 50.4 Å². The Morgan fingerprint density at radius 1 is 1.50 bits per heavy atom. The van der Waals surface area contributed by atoms with Crippen LogP contribution in [0, 0.1) is 12.8 Å². The Kier molecular flexibility index (Phi) is 7.69. The van der Waals surface area contributed by atoms with Crippen LogP contribution in [0.4, 0.5) is 0 Å². The first kappa shape index (κ1) is 18.8. The SMILES string of the molecule is Cc1cccc(OCC(C)NC(=O)[C@H]2CCN[C@@H](C)C2)c1.Cl. The van der Waals surface area contributed by atoms with Crippen molar-refractivity contribution in [1.82, 2.24) is 10.6 Å². The van der Waals surface area contributed by atoms with Gasteiger partial charge in [-0.25, -0.2) is 0 Å². The number of halogens is 1. The number of rotatable bonds is 5. The van der Waals surface area contributed by atoms with E-state index < -0.39 is 0 Å². The number of hydrogen-bond acceptors (Lipinski definition) is 3. The summed E-state index contributed by atoms with van der Waals surface area (Å²) in [6.45, 7) is 7.57. The smallest absolute Gasteiger partial charge is 0.223 e. The van der Waals surface area contributed by atoms with Gasteiger partial charge in [0.25, 0.3) is 0 Å². The fourth-order valence-corrected chi connectivity index (χ4v) is 2.70. The molecule has 1 heterocycles. The van der Waals surface area contributed by atoms with Crippen molar-refractivity contribution in [2.75, 3.05) is 13.2 Å². The van der Waals surface area contributed by atoms with E-state index in [2.05, 4.69) is 17.6 Å². The maximum Gasteiger partial charge on any atom is 0.223 e. The first-order valence-electron chi connectivity index (χ1n) is 7.78. The fourth-order valence-electron chi connectivity index (χ4n) is 2.70. The van der Waals surface area contributed by atoms with Gasteiger partial charge in [-0.1, -0.05) is 12.1 Å². The molecule has 1 aromatic rings. The molecule has 1 fully saturated rings. The zero-order valence-corrected chi connectivity index (χ0v) is 14.4. The Morgan fingerprint density at radius 2 is 2.27 bits per heavy atom. The van der Waals surface area contributed by atoms with E-state index in [9.17, 15) is 4.79 Å². The lowest BCUT2D eigenvalue weighted by molar-refractivity contribution is -0.126. The Labute approximate surface area is 139 Å². The lowest BCUT2D eigenvalue weighted by Crippen LogP contribution is -2.45. The van der Waals surface area contributed by atoms with Crippen LogP contribution in [-0.4, -0.2) is 31.1 Å². The highest BCUT2D eigenvalue weighted by molar-refractivity contribution is 5.85. The zero-order valence-electron chi connectivity index (χ0n) is 13.6. The van der Waals surface area contributed by atoms with Crippen molar-refractivity contribution in [2.24, 2.45) is 5.92 Å². The Morgan fingerprint density at radius 3 is 2.95 bits per heavy atom. The minimum absolute atomic E-state index is 0. The average Bonchev–Trinajstić information content (AvgIpc) is 2.45. The van der Waals surface area contributed by atoms with Crippen LogP contribution in [0.15, 0.2) is 24.3 Å². The number of carbonyl (C=O) groups excluding carboxylic acids is 1. The molecule has 2 N–H and O–H groups in total. The molecule has 3 atom stereocenters. The maximum atomic E-state index is 12.2. The van der Waals surface area contributed by atoms with E-state index in [0.717, 1.165) is 25.1 Å². The zero-order chi connectivity index (χ0) is 15.2. The molecule has 1 aromatic carbocycles. The van der Waals surface area contributed by atoms with Crippen LogP contribution < -0.4 is 15.4 Å². The quantitative estimate of drug-likeness (QED) is 0.874. The molecular formula is C17H27ClN2O2. The normalized spacial score (nSPS) is 22.3. The number of benzene rings is 1. The monoisotopic (exact) mass is 326 g/mol. The van der Waals surface area contributed by atoms with Crippen LogP contribution in [0.1, 0.15) is 32.3 Å². The third-order valence-corrected chi connectivity index (χ3v) is 3.87. The Balaban J connectivity index is 0.00000242. The van der Waals surface area contributed by atoms with Crippen molar-refractivity contribution in [1.29, 1.82) is 0 Å². The molecule has 1 aliphatic heterocycles. The number of hydrogen-bond donors (Lipinski definition) is 2. The molecular weight excluding hydrogens is 300 g/mol. The lowest BCUT2D eigenvalue weighted by atomic mass is 9.92. The van der Waals surface area contributed by atoms with Crippen LogP contribution in [-0.2, 0) is 4.79 Å². The molecule has 0 aromatic heterocycles. The van der Waals surface area contributed by atoms with Crippen molar-refractivity contribution in [3.8, 4) is 5.75 Å². The van der Waals surface area contributed by atoms with Crippen molar-refractivity contribution in [3.63, 3.8) is 0 Å². The molecule has 1 unspecified atom stereocenters. The summed E-state index contributed by atoms with van der Waals surface area (Å²) in [6, 6.07) is 8.40. The molecule has 124 valence electrons. The lowest BCUT2D eigenvalue weighted by Gasteiger charge is -2.28. The molecule has 0 saturated carbocycles. The van der Waals surface area contributed by atoms with Gasteiger partial charge in [-0.3, -0.25) is 4.79 Å². The molecule has 22 heavy (non-hydrogen) atoms. The van der Waals surface area contributed by atoms with E-state index in [1.165, 1.54) is 5.56 Å². The van der Waals surface area contributed by atoms with Gasteiger partial charge >= 0.3 is 0 Å². The van der Waals surface area contributed by atoms with Crippen LogP contribution in [0.25, 0.3) is 0 Å². The highest BCUT2D eigenvalue weighted by Gasteiger charge is 2.25. The van der Waals surface area contributed by atoms with E-state index in [1.807, 2.05) is 38.1 Å². The van der Waals surface area contributed by atoms with Gasteiger partial charge in [0.1, 0.15) is 12.4 Å². The second kappa shape index (κ2) is 9.01. The van der Waals surface area contributed by atoms with Crippen LogP contribution in [0.2, 0.25) is 0 Å². The van der Waals surface area contributed by atoms with Crippen LogP contribution in [0.3, 0.4) is 0 Å². The third-order valence-electron chi connectivity index (χ3n) is 3.87. The number of carbonyl (C=O) groups is 1. The molecule has 0 aliphatic carbocycles. The molecule has 2 rings (SSSR count). The summed E-state index contributed by atoms with van der Waals surface area (Å²) in [7, 11) is 0. The molecule has 0 bridgehead atoms. The largest absolute Gasteiger partial charge is 0.491 e. The van der Waals surface area contributed by atoms with Crippen molar-refractivity contribution >= 4 is 18.3 Å². The molecule has 1 saturated heterocycles. The highest BCUT2D eigenvalue weighted by Crippen LogP contribution is 2.16. The molecule has 0 spiro atoms. The molecule has 1 amide bonds.